The van der Waals surface area contributed by atoms with Crippen molar-refractivity contribution < 1.29 is 14.1 Å². The molecule has 1 aromatic heterocycles. The average Bonchev–Trinajstić information content (AvgIpc) is 3.05. The number of aromatic nitrogens is 1. The Balaban J connectivity index is 1.65. The van der Waals surface area contributed by atoms with E-state index in [1.807, 2.05) is 30.3 Å². The van der Waals surface area contributed by atoms with Crippen LogP contribution in [-0.2, 0) is 0 Å². The summed E-state index contributed by atoms with van der Waals surface area (Å²) in [4.78, 5) is 11.8. The number of hydrogen-bond acceptors (Lipinski definition) is 4. The number of hydrogen-bond donors (Lipinski definition) is 1. The number of para-hydroxylation sites is 1. The Bertz CT molecular complexity index is 707. The zero-order valence-corrected chi connectivity index (χ0v) is 11.0. The van der Waals surface area contributed by atoms with Crippen LogP contribution >= 0.6 is 0 Å². The number of amides is 1. The van der Waals surface area contributed by atoms with E-state index in [-0.39, 0.29) is 11.6 Å². The van der Waals surface area contributed by atoms with Gasteiger partial charge in [-0.1, -0.05) is 23.4 Å². The number of benzene rings is 2. The molecular weight excluding hydrogens is 268 g/mol. The Morgan fingerprint density at radius 3 is 2.33 bits per heavy atom. The lowest BCUT2D eigenvalue weighted by Crippen LogP contribution is -2.11. The molecule has 0 saturated heterocycles. The van der Waals surface area contributed by atoms with Crippen molar-refractivity contribution in [2.24, 2.45) is 0 Å². The predicted octanol–water partition coefficient (Wildman–Crippen LogP) is 3.72. The van der Waals surface area contributed by atoms with E-state index in [2.05, 4.69) is 15.0 Å². The molecule has 0 fully saturated rings. The van der Waals surface area contributed by atoms with Gasteiger partial charge in [-0.3, -0.25) is 4.79 Å². The lowest BCUT2D eigenvalue weighted by atomic mass is 10.3. The van der Waals surface area contributed by atoms with E-state index in [0.29, 0.717) is 11.4 Å². The van der Waals surface area contributed by atoms with Crippen LogP contribution < -0.4 is 10.1 Å². The quantitative estimate of drug-likeness (QED) is 0.791. The molecule has 0 radical (unpaired) electrons. The number of rotatable bonds is 4. The van der Waals surface area contributed by atoms with E-state index in [4.69, 9.17) is 4.74 Å². The van der Waals surface area contributed by atoms with Crippen LogP contribution in [0.2, 0.25) is 0 Å². The Labute approximate surface area is 121 Å². The summed E-state index contributed by atoms with van der Waals surface area (Å²) in [6.07, 6.45) is 1.35. The van der Waals surface area contributed by atoms with E-state index < -0.39 is 0 Å². The molecular formula is C16H12N2O3. The maximum Gasteiger partial charge on any atom is 0.277 e. The summed E-state index contributed by atoms with van der Waals surface area (Å²) in [5, 5.41) is 6.29. The molecule has 3 rings (SSSR count). The van der Waals surface area contributed by atoms with Crippen LogP contribution in [0.4, 0.5) is 5.69 Å². The maximum absolute atomic E-state index is 11.8. The summed E-state index contributed by atoms with van der Waals surface area (Å²) >= 11 is 0. The molecule has 5 heteroatoms. The highest BCUT2D eigenvalue weighted by Crippen LogP contribution is 2.22. The normalized spacial score (nSPS) is 10.1. The van der Waals surface area contributed by atoms with Gasteiger partial charge in [0.15, 0.2) is 5.69 Å². The maximum atomic E-state index is 11.8. The van der Waals surface area contributed by atoms with Crippen LogP contribution in [0.15, 0.2) is 71.4 Å². The van der Waals surface area contributed by atoms with Crippen molar-refractivity contribution >= 4 is 11.6 Å². The molecule has 0 aliphatic heterocycles. The fourth-order valence-corrected chi connectivity index (χ4v) is 1.76. The third-order valence-electron chi connectivity index (χ3n) is 2.76. The van der Waals surface area contributed by atoms with E-state index in [1.165, 1.54) is 12.3 Å². The summed E-state index contributed by atoms with van der Waals surface area (Å²) in [7, 11) is 0. The zero-order valence-electron chi connectivity index (χ0n) is 11.0. The van der Waals surface area contributed by atoms with Gasteiger partial charge in [-0.05, 0) is 36.4 Å². The highest BCUT2D eigenvalue weighted by molar-refractivity contribution is 6.02. The Morgan fingerprint density at radius 1 is 0.952 bits per heavy atom. The highest BCUT2D eigenvalue weighted by Gasteiger charge is 2.08. The molecule has 3 aromatic rings. The van der Waals surface area contributed by atoms with Gasteiger partial charge in [0, 0.05) is 11.8 Å². The van der Waals surface area contributed by atoms with Crippen LogP contribution in [0.1, 0.15) is 10.5 Å². The average molecular weight is 280 g/mol. The molecule has 0 spiro atoms. The molecule has 0 aliphatic rings. The fraction of sp³-hybridized carbons (Fsp3) is 0. The van der Waals surface area contributed by atoms with Gasteiger partial charge in [0.1, 0.15) is 17.8 Å². The minimum Gasteiger partial charge on any atom is -0.457 e. The molecule has 1 amide bonds. The summed E-state index contributed by atoms with van der Waals surface area (Å²) < 4.78 is 10.3. The lowest BCUT2D eigenvalue weighted by Gasteiger charge is -2.07. The number of carbonyl (C=O) groups excluding carboxylic acids is 1. The SMILES string of the molecule is O=C(Nc1ccc(Oc2ccccc2)cc1)c1ccon1. The molecule has 104 valence electrons. The van der Waals surface area contributed by atoms with E-state index in [1.54, 1.807) is 24.3 Å². The van der Waals surface area contributed by atoms with Gasteiger partial charge < -0.3 is 14.6 Å². The third-order valence-corrected chi connectivity index (χ3v) is 2.76. The predicted molar refractivity (Wildman–Crippen MR) is 77.4 cm³/mol. The van der Waals surface area contributed by atoms with Crippen LogP contribution in [0.5, 0.6) is 11.5 Å². The van der Waals surface area contributed by atoms with E-state index >= 15 is 0 Å². The monoisotopic (exact) mass is 280 g/mol. The molecule has 0 atom stereocenters. The van der Waals surface area contributed by atoms with Crippen molar-refractivity contribution in [2.75, 3.05) is 5.32 Å². The molecule has 1 N–H and O–H groups in total. The van der Waals surface area contributed by atoms with Crippen molar-refractivity contribution in [3.63, 3.8) is 0 Å². The molecule has 0 saturated carbocycles. The molecule has 5 nitrogen and oxygen atoms in total. The number of nitrogens with one attached hydrogen (secondary N) is 1. The number of anilines is 1. The Morgan fingerprint density at radius 2 is 1.67 bits per heavy atom. The van der Waals surface area contributed by atoms with Crippen LogP contribution in [0, 0.1) is 0 Å². The Kier molecular flexibility index (Phi) is 3.64. The second-order valence-corrected chi connectivity index (χ2v) is 4.28. The topological polar surface area (TPSA) is 64.4 Å². The van der Waals surface area contributed by atoms with Crippen molar-refractivity contribution in [3.8, 4) is 11.5 Å². The first-order valence-corrected chi connectivity index (χ1v) is 6.36. The Hall–Kier alpha value is -3.08. The van der Waals surface area contributed by atoms with Crippen molar-refractivity contribution in [2.45, 2.75) is 0 Å². The van der Waals surface area contributed by atoms with Crippen molar-refractivity contribution in [3.05, 3.63) is 72.6 Å². The van der Waals surface area contributed by atoms with Crippen LogP contribution in [-0.4, -0.2) is 11.1 Å². The van der Waals surface area contributed by atoms with E-state index in [0.717, 1.165) is 5.75 Å². The molecule has 0 unspecified atom stereocenters. The number of nitrogens with zero attached hydrogens (tertiary/aromatic N) is 1. The minimum atomic E-state index is -0.319. The molecule has 21 heavy (non-hydrogen) atoms. The first-order valence-electron chi connectivity index (χ1n) is 6.36. The molecule has 0 bridgehead atoms. The molecule has 2 aromatic carbocycles. The summed E-state index contributed by atoms with van der Waals surface area (Å²) in [6, 6.07) is 18.1. The molecule has 1 heterocycles. The van der Waals surface area contributed by atoms with Crippen LogP contribution in [0.3, 0.4) is 0 Å². The van der Waals surface area contributed by atoms with Gasteiger partial charge in [-0.2, -0.15) is 0 Å². The summed E-state index contributed by atoms with van der Waals surface area (Å²) in [6.45, 7) is 0. The van der Waals surface area contributed by atoms with Gasteiger partial charge in [-0.15, -0.1) is 0 Å². The first-order chi connectivity index (χ1) is 10.3. The van der Waals surface area contributed by atoms with Crippen molar-refractivity contribution in [1.29, 1.82) is 0 Å². The van der Waals surface area contributed by atoms with Gasteiger partial charge in [0.05, 0.1) is 0 Å². The zero-order chi connectivity index (χ0) is 14.5. The van der Waals surface area contributed by atoms with Gasteiger partial charge in [0.2, 0.25) is 0 Å². The first kappa shape index (κ1) is 12.9. The highest BCUT2D eigenvalue weighted by atomic mass is 16.5. The lowest BCUT2D eigenvalue weighted by molar-refractivity contribution is 0.101. The standard InChI is InChI=1S/C16H12N2O3/c19-16(15-10-11-20-18-15)17-12-6-8-14(9-7-12)21-13-4-2-1-3-5-13/h1-11H,(H,17,19). The third kappa shape index (κ3) is 3.27. The van der Waals surface area contributed by atoms with E-state index in [9.17, 15) is 4.79 Å². The van der Waals surface area contributed by atoms with Crippen LogP contribution in [0.25, 0.3) is 0 Å². The second kappa shape index (κ2) is 5.92. The molecule has 0 aliphatic carbocycles. The minimum absolute atomic E-state index is 0.236. The fourth-order valence-electron chi connectivity index (χ4n) is 1.76. The van der Waals surface area contributed by atoms with Gasteiger partial charge in [0.25, 0.3) is 5.91 Å². The second-order valence-electron chi connectivity index (χ2n) is 4.28. The smallest absolute Gasteiger partial charge is 0.277 e. The number of carbonyl (C=O) groups is 1. The number of ether oxygens (including phenoxy) is 1. The largest absolute Gasteiger partial charge is 0.457 e. The van der Waals surface area contributed by atoms with Gasteiger partial charge >= 0.3 is 0 Å². The van der Waals surface area contributed by atoms with Crippen molar-refractivity contribution in [1.82, 2.24) is 5.16 Å². The summed E-state index contributed by atoms with van der Waals surface area (Å²) in [5.74, 6) is 1.14. The summed E-state index contributed by atoms with van der Waals surface area (Å²) in [5.41, 5.74) is 0.892. The van der Waals surface area contributed by atoms with Gasteiger partial charge in [-0.25, -0.2) is 0 Å².